The molecule has 1 aromatic rings. The van der Waals surface area contributed by atoms with E-state index in [1.54, 1.807) is 0 Å². The van der Waals surface area contributed by atoms with Crippen LogP contribution < -0.4 is 5.32 Å². The Kier molecular flexibility index (Phi) is 5.64. The van der Waals surface area contributed by atoms with Gasteiger partial charge in [-0.25, -0.2) is 0 Å². The number of rotatable bonds is 6. The van der Waals surface area contributed by atoms with Gasteiger partial charge in [-0.2, -0.15) is 5.10 Å². The summed E-state index contributed by atoms with van der Waals surface area (Å²) in [6, 6.07) is 2.75. The maximum absolute atomic E-state index is 4.55. The van der Waals surface area contributed by atoms with Crippen LogP contribution in [0.5, 0.6) is 0 Å². The summed E-state index contributed by atoms with van der Waals surface area (Å²) in [6.07, 6.45) is 8.09. The molecule has 0 aliphatic heterocycles. The number of nitrogens with zero attached hydrogens (tertiary/aromatic N) is 2. The summed E-state index contributed by atoms with van der Waals surface area (Å²) in [5.41, 5.74) is 2.51. The second kappa shape index (κ2) is 7.26. The summed E-state index contributed by atoms with van der Waals surface area (Å²) in [5, 5.41) is 8.34. The zero-order valence-corrected chi connectivity index (χ0v) is 13.7. The monoisotopic (exact) mass is 277 g/mol. The Morgan fingerprint density at radius 1 is 1.40 bits per heavy atom. The number of nitrogens with one attached hydrogen (secondary N) is 1. The van der Waals surface area contributed by atoms with Crippen molar-refractivity contribution in [3.63, 3.8) is 0 Å². The van der Waals surface area contributed by atoms with Crippen LogP contribution in [0.1, 0.15) is 69.8 Å². The van der Waals surface area contributed by atoms with Crippen LogP contribution >= 0.6 is 0 Å². The van der Waals surface area contributed by atoms with E-state index in [1.807, 2.05) is 0 Å². The van der Waals surface area contributed by atoms with Crippen molar-refractivity contribution in [1.82, 2.24) is 15.1 Å². The van der Waals surface area contributed by atoms with Gasteiger partial charge in [0, 0.05) is 7.05 Å². The van der Waals surface area contributed by atoms with Crippen molar-refractivity contribution in [3.8, 4) is 0 Å². The first-order valence-corrected chi connectivity index (χ1v) is 8.39. The summed E-state index contributed by atoms with van der Waals surface area (Å²) in [5.74, 6) is 1.70. The molecule has 1 fully saturated rings. The minimum atomic E-state index is 0.482. The molecule has 0 spiro atoms. The molecule has 114 valence electrons. The van der Waals surface area contributed by atoms with Gasteiger partial charge in [0.05, 0.1) is 17.4 Å². The molecule has 1 aliphatic rings. The number of aryl methyl sites for hydroxylation is 2. The molecule has 0 amide bonds. The van der Waals surface area contributed by atoms with Crippen molar-refractivity contribution < 1.29 is 0 Å². The highest BCUT2D eigenvalue weighted by Crippen LogP contribution is 2.38. The summed E-state index contributed by atoms with van der Waals surface area (Å²) in [6.45, 7) is 7.78. The molecule has 0 radical (unpaired) electrons. The van der Waals surface area contributed by atoms with E-state index in [9.17, 15) is 0 Å². The molecule has 1 heterocycles. The van der Waals surface area contributed by atoms with Crippen LogP contribution in [-0.4, -0.2) is 16.3 Å². The lowest BCUT2D eigenvalue weighted by molar-refractivity contribution is 0.204. The Morgan fingerprint density at radius 3 is 2.80 bits per heavy atom. The highest BCUT2D eigenvalue weighted by molar-refractivity contribution is 5.14. The van der Waals surface area contributed by atoms with E-state index in [4.69, 9.17) is 0 Å². The lowest BCUT2D eigenvalue weighted by Gasteiger charge is -2.35. The quantitative estimate of drug-likeness (QED) is 0.852. The molecular formula is C17H31N3. The highest BCUT2D eigenvalue weighted by Gasteiger charge is 2.30. The third kappa shape index (κ3) is 3.63. The van der Waals surface area contributed by atoms with E-state index in [-0.39, 0.29) is 0 Å². The second-order valence-electron chi connectivity index (χ2n) is 6.47. The first-order valence-electron chi connectivity index (χ1n) is 8.39. The minimum Gasteiger partial charge on any atom is -0.308 e. The maximum atomic E-state index is 4.55. The van der Waals surface area contributed by atoms with E-state index in [2.05, 4.69) is 49.0 Å². The predicted octanol–water partition coefficient (Wildman–Crippen LogP) is 3.99. The highest BCUT2D eigenvalue weighted by atomic mass is 15.3. The van der Waals surface area contributed by atoms with Crippen LogP contribution in [-0.2, 0) is 7.05 Å². The van der Waals surface area contributed by atoms with E-state index in [1.165, 1.54) is 44.2 Å². The molecule has 1 N–H and O–H groups in total. The van der Waals surface area contributed by atoms with Crippen LogP contribution in [0.2, 0.25) is 0 Å². The Balaban J connectivity index is 2.16. The normalized spacial score (nSPS) is 24.8. The van der Waals surface area contributed by atoms with Crippen molar-refractivity contribution in [3.05, 3.63) is 17.5 Å². The first kappa shape index (κ1) is 15.6. The minimum absolute atomic E-state index is 0.482. The fourth-order valence-electron chi connectivity index (χ4n) is 3.74. The summed E-state index contributed by atoms with van der Waals surface area (Å²) in [4.78, 5) is 0. The SMILES string of the molecule is CCCNC(c1cc(C)nn1C)C1CCCC(CC)C1. The van der Waals surface area contributed by atoms with E-state index in [0.29, 0.717) is 6.04 Å². The van der Waals surface area contributed by atoms with Crippen molar-refractivity contribution in [1.29, 1.82) is 0 Å². The van der Waals surface area contributed by atoms with Crippen LogP contribution in [0.3, 0.4) is 0 Å². The molecule has 3 heteroatoms. The average molecular weight is 277 g/mol. The molecule has 1 saturated carbocycles. The standard InChI is InChI=1S/C17H31N3/c1-5-10-18-17(16-11-13(3)19-20(16)4)15-9-7-8-14(6-2)12-15/h11,14-15,17-18H,5-10,12H2,1-4H3. The topological polar surface area (TPSA) is 29.9 Å². The first-order chi connectivity index (χ1) is 9.65. The van der Waals surface area contributed by atoms with Gasteiger partial charge in [0.25, 0.3) is 0 Å². The molecule has 20 heavy (non-hydrogen) atoms. The number of hydrogen-bond donors (Lipinski definition) is 1. The summed E-state index contributed by atoms with van der Waals surface area (Å²) in [7, 11) is 2.09. The number of aromatic nitrogens is 2. The molecular weight excluding hydrogens is 246 g/mol. The third-order valence-electron chi connectivity index (χ3n) is 4.84. The Morgan fingerprint density at radius 2 is 2.20 bits per heavy atom. The summed E-state index contributed by atoms with van der Waals surface area (Å²) >= 11 is 0. The van der Waals surface area contributed by atoms with Gasteiger partial charge in [-0.15, -0.1) is 0 Å². The Hall–Kier alpha value is -0.830. The lowest BCUT2D eigenvalue weighted by Crippen LogP contribution is -2.33. The van der Waals surface area contributed by atoms with Crippen LogP contribution in [0.15, 0.2) is 6.07 Å². The van der Waals surface area contributed by atoms with Gasteiger partial charge < -0.3 is 5.32 Å². The molecule has 0 bridgehead atoms. The van der Waals surface area contributed by atoms with E-state index < -0.39 is 0 Å². The molecule has 1 aromatic heterocycles. The van der Waals surface area contributed by atoms with E-state index >= 15 is 0 Å². The molecule has 3 atom stereocenters. The molecule has 1 aliphatic carbocycles. The average Bonchev–Trinajstić information content (AvgIpc) is 2.78. The van der Waals surface area contributed by atoms with Gasteiger partial charge >= 0.3 is 0 Å². The van der Waals surface area contributed by atoms with Gasteiger partial charge in [0.1, 0.15) is 0 Å². The van der Waals surface area contributed by atoms with Gasteiger partial charge in [-0.3, -0.25) is 4.68 Å². The van der Waals surface area contributed by atoms with Crippen LogP contribution in [0, 0.1) is 18.8 Å². The Labute approximate surface area is 124 Å². The summed E-state index contributed by atoms with van der Waals surface area (Å²) < 4.78 is 2.08. The van der Waals surface area contributed by atoms with E-state index in [0.717, 1.165) is 24.1 Å². The molecule has 0 saturated heterocycles. The second-order valence-corrected chi connectivity index (χ2v) is 6.47. The number of hydrogen-bond acceptors (Lipinski definition) is 2. The zero-order chi connectivity index (χ0) is 14.5. The Bertz CT molecular complexity index is 410. The fourth-order valence-corrected chi connectivity index (χ4v) is 3.74. The maximum Gasteiger partial charge on any atom is 0.0597 e. The van der Waals surface area contributed by atoms with Crippen molar-refractivity contribution in [2.45, 2.75) is 65.3 Å². The van der Waals surface area contributed by atoms with Crippen LogP contribution in [0.4, 0.5) is 0 Å². The van der Waals surface area contributed by atoms with Gasteiger partial charge in [-0.1, -0.05) is 33.1 Å². The molecule has 3 unspecified atom stereocenters. The van der Waals surface area contributed by atoms with Crippen molar-refractivity contribution in [2.24, 2.45) is 18.9 Å². The van der Waals surface area contributed by atoms with Crippen molar-refractivity contribution >= 4 is 0 Å². The molecule has 3 nitrogen and oxygen atoms in total. The smallest absolute Gasteiger partial charge is 0.0597 e. The largest absolute Gasteiger partial charge is 0.308 e. The third-order valence-corrected chi connectivity index (χ3v) is 4.84. The molecule has 2 rings (SSSR count). The van der Waals surface area contributed by atoms with Gasteiger partial charge in [0.15, 0.2) is 0 Å². The van der Waals surface area contributed by atoms with Crippen LogP contribution in [0.25, 0.3) is 0 Å². The van der Waals surface area contributed by atoms with Gasteiger partial charge in [0.2, 0.25) is 0 Å². The fraction of sp³-hybridized carbons (Fsp3) is 0.824. The predicted molar refractivity (Wildman–Crippen MR) is 84.7 cm³/mol. The van der Waals surface area contributed by atoms with Gasteiger partial charge in [-0.05, 0) is 50.6 Å². The lowest BCUT2D eigenvalue weighted by atomic mass is 9.76. The zero-order valence-electron chi connectivity index (χ0n) is 13.7. The molecule has 0 aromatic carbocycles. The van der Waals surface area contributed by atoms with Crippen molar-refractivity contribution in [2.75, 3.05) is 6.54 Å².